The summed E-state index contributed by atoms with van der Waals surface area (Å²) >= 11 is 0. The first-order valence-corrected chi connectivity index (χ1v) is 9.41. The SMILES string of the molecule is Cc1ccc(C(C)Nc2cnn(-c3ccccc3S(C)(=O)=O)c2)o1. The monoisotopic (exact) mass is 345 g/mol. The van der Waals surface area contributed by atoms with Crippen LogP contribution in [0.5, 0.6) is 0 Å². The second-order valence-corrected chi connectivity index (χ2v) is 7.71. The van der Waals surface area contributed by atoms with Gasteiger partial charge in [0.15, 0.2) is 9.84 Å². The Morgan fingerprint density at radius 3 is 2.62 bits per heavy atom. The number of aryl methyl sites for hydroxylation is 1. The Labute approximate surface area is 141 Å². The molecule has 3 rings (SSSR count). The number of sulfone groups is 1. The zero-order chi connectivity index (χ0) is 17.3. The fourth-order valence-corrected chi connectivity index (χ4v) is 3.36. The summed E-state index contributed by atoms with van der Waals surface area (Å²) in [6.07, 6.45) is 4.61. The van der Waals surface area contributed by atoms with Gasteiger partial charge in [0.05, 0.1) is 34.7 Å². The average molecular weight is 345 g/mol. The first-order valence-electron chi connectivity index (χ1n) is 7.51. The average Bonchev–Trinajstić information content (AvgIpc) is 3.15. The van der Waals surface area contributed by atoms with Crippen molar-refractivity contribution in [3.63, 3.8) is 0 Å². The van der Waals surface area contributed by atoms with Gasteiger partial charge in [0.25, 0.3) is 0 Å². The number of hydrogen-bond donors (Lipinski definition) is 1. The van der Waals surface area contributed by atoms with E-state index < -0.39 is 9.84 Å². The molecule has 6 nitrogen and oxygen atoms in total. The van der Waals surface area contributed by atoms with Gasteiger partial charge < -0.3 is 9.73 Å². The summed E-state index contributed by atoms with van der Waals surface area (Å²) in [4.78, 5) is 0.245. The van der Waals surface area contributed by atoms with Crippen LogP contribution in [0.4, 0.5) is 5.69 Å². The molecule has 0 fully saturated rings. The lowest BCUT2D eigenvalue weighted by Crippen LogP contribution is -2.06. The van der Waals surface area contributed by atoms with Crippen LogP contribution in [0.15, 0.2) is 58.1 Å². The molecular weight excluding hydrogens is 326 g/mol. The Morgan fingerprint density at radius 1 is 1.21 bits per heavy atom. The molecule has 0 aliphatic heterocycles. The van der Waals surface area contributed by atoms with Gasteiger partial charge in [-0.1, -0.05) is 12.1 Å². The van der Waals surface area contributed by atoms with Crippen LogP contribution < -0.4 is 5.32 Å². The molecule has 1 atom stereocenters. The molecular formula is C17H19N3O3S. The van der Waals surface area contributed by atoms with Crippen LogP contribution in [0.25, 0.3) is 5.69 Å². The molecule has 0 spiro atoms. The molecule has 24 heavy (non-hydrogen) atoms. The molecule has 0 aliphatic carbocycles. The fraction of sp³-hybridized carbons (Fsp3) is 0.235. The highest BCUT2D eigenvalue weighted by Crippen LogP contribution is 2.23. The van der Waals surface area contributed by atoms with Crippen molar-refractivity contribution in [2.45, 2.75) is 24.8 Å². The van der Waals surface area contributed by atoms with Crippen LogP contribution in [0.3, 0.4) is 0 Å². The quantitative estimate of drug-likeness (QED) is 0.767. The molecule has 7 heteroatoms. The number of anilines is 1. The van der Waals surface area contributed by atoms with Crippen molar-refractivity contribution in [1.82, 2.24) is 9.78 Å². The Morgan fingerprint density at radius 2 is 1.96 bits per heavy atom. The first-order chi connectivity index (χ1) is 11.3. The standard InChI is InChI=1S/C17H19N3O3S/c1-12-8-9-16(23-12)13(2)19-14-10-18-20(11-14)15-6-4-5-7-17(15)24(3,21)22/h4-11,13,19H,1-3H3. The summed E-state index contributed by atoms with van der Waals surface area (Å²) in [6.45, 7) is 3.89. The minimum absolute atomic E-state index is 0.0264. The van der Waals surface area contributed by atoms with Gasteiger partial charge in [0, 0.05) is 6.26 Å². The number of rotatable bonds is 5. The van der Waals surface area contributed by atoms with Gasteiger partial charge >= 0.3 is 0 Å². The van der Waals surface area contributed by atoms with Crippen LogP contribution in [0.1, 0.15) is 24.5 Å². The van der Waals surface area contributed by atoms with Crippen LogP contribution in [0, 0.1) is 6.92 Å². The highest BCUT2D eigenvalue weighted by Gasteiger charge is 2.16. The molecule has 1 aromatic carbocycles. The highest BCUT2D eigenvalue weighted by atomic mass is 32.2. The summed E-state index contributed by atoms with van der Waals surface area (Å²) in [7, 11) is -3.33. The number of furan rings is 1. The van der Waals surface area contributed by atoms with Gasteiger partial charge in [-0.15, -0.1) is 0 Å². The number of hydrogen-bond acceptors (Lipinski definition) is 5. The van der Waals surface area contributed by atoms with Gasteiger partial charge in [-0.3, -0.25) is 0 Å². The number of nitrogens with one attached hydrogen (secondary N) is 1. The van der Waals surface area contributed by atoms with Gasteiger partial charge in [0.1, 0.15) is 11.5 Å². The Bertz CT molecular complexity index is 957. The second-order valence-electron chi connectivity index (χ2n) is 5.73. The smallest absolute Gasteiger partial charge is 0.177 e. The summed E-state index contributed by atoms with van der Waals surface area (Å²) in [6, 6.07) is 10.6. The second kappa shape index (κ2) is 6.16. The molecule has 0 saturated carbocycles. The number of para-hydroxylation sites is 1. The van der Waals surface area contributed by atoms with E-state index in [-0.39, 0.29) is 10.9 Å². The van der Waals surface area contributed by atoms with E-state index in [1.54, 1.807) is 41.3 Å². The van der Waals surface area contributed by atoms with Crippen molar-refractivity contribution < 1.29 is 12.8 Å². The maximum absolute atomic E-state index is 11.9. The summed E-state index contributed by atoms with van der Waals surface area (Å²) in [5.41, 5.74) is 1.30. The van der Waals surface area contributed by atoms with Gasteiger partial charge in [-0.05, 0) is 38.1 Å². The van der Waals surface area contributed by atoms with Crippen LogP contribution in [-0.4, -0.2) is 24.5 Å². The minimum atomic E-state index is -3.33. The van der Waals surface area contributed by atoms with Gasteiger partial charge in [-0.2, -0.15) is 5.10 Å². The minimum Gasteiger partial charge on any atom is -0.464 e. The maximum Gasteiger partial charge on any atom is 0.177 e. The molecule has 2 heterocycles. The zero-order valence-corrected chi connectivity index (χ0v) is 14.5. The molecule has 0 aliphatic rings. The van der Waals surface area contributed by atoms with Crippen molar-refractivity contribution in [2.24, 2.45) is 0 Å². The van der Waals surface area contributed by atoms with Crippen LogP contribution in [-0.2, 0) is 9.84 Å². The molecule has 2 aromatic heterocycles. The van der Waals surface area contributed by atoms with E-state index in [2.05, 4.69) is 10.4 Å². The van der Waals surface area contributed by atoms with Crippen molar-refractivity contribution in [1.29, 1.82) is 0 Å². The molecule has 126 valence electrons. The van der Waals surface area contributed by atoms with Crippen molar-refractivity contribution in [3.05, 3.63) is 60.3 Å². The van der Waals surface area contributed by atoms with Gasteiger partial charge in [0.2, 0.25) is 0 Å². The number of aromatic nitrogens is 2. The zero-order valence-electron chi connectivity index (χ0n) is 13.7. The maximum atomic E-state index is 11.9. The molecule has 1 unspecified atom stereocenters. The predicted molar refractivity (Wildman–Crippen MR) is 92.2 cm³/mol. The Hall–Kier alpha value is -2.54. The topological polar surface area (TPSA) is 77.1 Å². The Balaban J connectivity index is 1.87. The predicted octanol–water partition coefficient (Wildman–Crippen LogP) is 3.35. The third kappa shape index (κ3) is 3.35. The van der Waals surface area contributed by atoms with E-state index in [0.29, 0.717) is 5.69 Å². The molecule has 0 bridgehead atoms. The van der Waals surface area contributed by atoms with Crippen molar-refractivity contribution in [2.75, 3.05) is 11.6 Å². The lowest BCUT2D eigenvalue weighted by atomic mass is 10.2. The van der Waals surface area contributed by atoms with Crippen molar-refractivity contribution in [3.8, 4) is 5.69 Å². The van der Waals surface area contributed by atoms with Crippen LogP contribution in [0.2, 0.25) is 0 Å². The van der Waals surface area contributed by atoms with E-state index in [0.717, 1.165) is 17.2 Å². The first kappa shape index (κ1) is 16.3. The molecule has 0 saturated heterocycles. The molecule has 3 aromatic rings. The molecule has 0 amide bonds. The van der Waals surface area contributed by atoms with Crippen molar-refractivity contribution >= 4 is 15.5 Å². The van der Waals surface area contributed by atoms with E-state index in [1.165, 1.54) is 6.26 Å². The largest absolute Gasteiger partial charge is 0.464 e. The summed E-state index contributed by atoms with van der Waals surface area (Å²) in [5.74, 6) is 1.69. The van der Waals surface area contributed by atoms with Crippen LogP contribution >= 0.6 is 0 Å². The summed E-state index contributed by atoms with van der Waals surface area (Å²) < 4.78 is 31.0. The lowest BCUT2D eigenvalue weighted by molar-refractivity contribution is 0.467. The van der Waals surface area contributed by atoms with E-state index in [9.17, 15) is 8.42 Å². The number of benzene rings is 1. The highest BCUT2D eigenvalue weighted by molar-refractivity contribution is 7.90. The number of nitrogens with zero attached hydrogens (tertiary/aromatic N) is 2. The van der Waals surface area contributed by atoms with E-state index in [1.807, 2.05) is 26.0 Å². The Kier molecular flexibility index (Phi) is 4.19. The lowest BCUT2D eigenvalue weighted by Gasteiger charge is -2.11. The third-order valence-corrected chi connectivity index (χ3v) is 4.81. The normalized spacial score (nSPS) is 13.0. The van der Waals surface area contributed by atoms with E-state index in [4.69, 9.17) is 4.42 Å². The van der Waals surface area contributed by atoms with Gasteiger partial charge in [-0.25, -0.2) is 13.1 Å². The molecule has 0 radical (unpaired) electrons. The summed E-state index contributed by atoms with van der Waals surface area (Å²) in [5, 5.41) is 7.56. The third-order valence-electron chi connectivity index (χ3n) is 3.67. The molecule has 1 N–H and O–H groups in total. The fourth-order valence-electron chi connectivity index (χ4n) is 2.50. The van der Waals surface area contributed by atoms with E-state index >= 15 is 0 Å².